The van der Waals surface area contributed by atoms with Crippen LogP contribution in [0.25, 0.3) is 0 Å². The predicted octanol–water partition coefficient (Wildman–Crippen LogP) is 1.42. The molecule has 0 aliphatic rings. The molecule has 0 spiro atoms. The first-order chi connectivity index (χ1) is 9.10. The van der Waals surface area contributed by atoms with Crippen LogP contribution in [0.2, 0.25) is 0 Å². The summed E-state index contributed by atoms with van der Waals surface area (Å²) in [5.41, 5.74) is 7.73. The number of amides is 1. The molecule has 3 N–H and O–H groups in total. The van der Waals surface area contributed by atoms with E-state index in [0.717, 1.165) is 5.69 Å². The van der Waals surface area contributed by atoms with E-state index in [9.17, 15) is 4.79 Å². The number of rotatable bonds is 4. The lowest BCUT2D eigenvalue weighted by Gasteiger charge is -2.11. The Hall–Kier alpha value is -2.50. The fourth-order valence-electron chi connectivity index (χ4n) is 1.71. The van der Waals surface area contributed by atoms with Gasteiger partial charge in [0.15, 0.2) is 0 Å². The molecular weight excluding hydrogens is 244 g/mol. The first kappa shape index (κ1) is 12.9. The van der Waals surface area contributed by atoms with Crippen LogP contribution >= 0.6 is 0 Å². The molecule has 0 saturated heterocycles. The summed E-state index contributed by atoms with van der Waals surface area (Å²) >= 11 is 0. The fourth-order valence-corrected chi connectivity index (χ4v) is 1.71. The topological polar surface area (TPSA) is 82.2 Å². The number of aryl methyl sites for hydroxylation is 1. The van der Waals surface area contributed by atoms with Gasteiger partial charge in [0.2, 0.25) is 5.91 Å². The Balaban J connectivity index is 2.11. The molecule has 1 amide bonds. The van der Waals surface area contributed by atoms with Gasteiger partial charge in [-0.2, -0.15) is 5.10 Å². The number of benzene rings is 1. The number of anilines is 2. The van der Waals surface area contributed by atoms with Crippen LogP contribution in [0.3, 0.4) is 0 Å². The Labute approximate surface area is 111 Å². The maximum Gasteiger partial charge on any atom is 0.246 e. The minimum absolute atomic E-state index is 0.150. The van der Waals surface area contributed by atoms with Gasteiger partial charge >= 0.3 is 0 Å². The number of hydrogen-bond donors (Lipinski definition) is 2. The van der Waals surface area contributed by atoms with Crippen molar-refractivity contribution in [3.63, 3.8) is 0 Å². The van der Waals surface area contributed by atoms with Crippen LogP contribution in [0, 0.1) is 6.92 Å². The lowest BCUT2D eigenvalue weighted by Crippen LogP contribution is -2.20. The van der Waals surface area contributed by atoms with E-state index in [1.165, 1.54) is 0 Å². The number of methoxy groups -OCH3 is 1. The summed E-state index contributed by atoms with van der Waals surface area (Å²) in [4.78, 5) is 11.9. The lowest BCUT2D eigenvalue weighted by molar-refractivity contribution is -0.116. The van der Waals surface area contributed by atoms with E-state index in [0.29, 0.717) is 17.1 Å². The molecule has 0 aliphatic carbocycles. The minimum Gasteiger partial charge on any atom is -0.495 e. The van der Waals surface area contributed by atoms with E-state index in [1.54, 1.807) is 36.2 Å². The van der Waals surface area contributed by atoms with Gasteiger partial charge in [-0.1, -0.05) is 0 Å². The Morgan fingerprint density at radius 2 is 2.26 bits per heavy atom. The largest absolute Gasteiger partial charge is 0.495 e. The standard InChI is InChI=1S/C13H16N4O2/c1-9-5-6-15-17(9)8-13(18)16-11-7-10(14)3-4-12(11)19-2/h3-7H,8,14H2,1-2H3,(H,16,18). The highest BCUT2D eigenvalue weighted by molar-refractivity contribution is 5.92. The number of ether oxygens (including phenoxy) is 1. The molecule has 2 rings (SSSR count). The van der Waals surface area contributed by atoms with Crippen LogP contribution in [0.15, 0.2) is 30.5 Å². The molecule has 0 atom stereocenters. The summed E-state index contributed by atoms with van der Waals surface area (Å²) in [6, 6.07) is 6.93. The summed E-state index contributed by atoms with van der Waals surface area (Å²) in [6.07, 6.45) is 1.66. The molecule has 0 radical (unpaired) electrons. The highest BCUT2D eigenvalue weighted by atomic mass is 16.5. The maximum absolute atomic E-state index is 11.9. The third-order valence-corrected chi connectivity index (χ3v) is 2.72. The Bertz CT molecular complexity index is 592. The number of hydrogen-bond acceptors (Lipinski definition) is 4. The SMILES string of the molecule is COc1ccc(N)cc1NC(=O)Cn1nccc1C. The van der Waals surface area contributed by atoms with E-state index in [-0.39, 0.29) is 12.5 Å². The molecule has 0 fully saturated rings. The number of carbonyl (C=O) groups excluding carboxylic acids is 1. The second kappa shape index (κ2) is 5.43. The molecule has 0 aliphatic heterocycles. The van der Waals surface area contributed by atoms with Crippen LogP contribution in [0.1, 0.15) is 5.69 Å². The van der Waals surface area contributed by atoms with Crippen molar-refractivity contribution in [1.82, 2.24) is 9.78 Å². The van der Waals surface area contributed by atoms with Crippen LogP contribution in [0.4, 0.5) is 11.4 Å². The van der Waals surface area contributed by atoms with Gasteiger partial charge in [0.1, 0.15) is 12.3 Å². The van der Waals surface area contributed by atoms with E-state index >= 15 is 0 Å². The van der Waals surface area contributed by atoms with Crippen LogP contribution in [-0.2, 0) is 11.3 Å². The number of nitrogens with one attached hydrogen (secondary N) is 1. The average molecular weight is 260 g/mol. The average Bonchev–Trinajstić information content (AvgIpc) is 2.75. The smallest absolute Gasteiger partial charge is 0.246 e. The quantitative estimate of drug-likeness (QED) is 0.814. The van der Waals surface area contributed by atoms with Crippen molar-refractivity contribution in [3.05, 3.63) is 36.2 Å². The first-order valence-electron chi connectivity index (χ1n) is 5.82. The minimum atomic E-state index is -0.185. The predicted molar refractivity (Wildman–Crippen MR) is 73.0 cm³/mol. The molecule has 1 aromatic heterocycles. The Kier molecular flexibility index (Phi) is 3.70. The molecule has 6 heteroatoms. The normalized spacial score (nSPS) is 10.2. The van der Waals surface area contributed by atoms with Gasteiger partial charge in [-0.15, -0.1) is 0 Å². The first-order valence-corrected chi connectivity index (χ1v) is 5.82. The molecule has 1 aromatic carbocycles. The highest BCUT2D eigenvalue weighted by Gasteiger charge is 2.09. The Morgan fingerprint density at radius 3 is 2.89 bits per heavy atom. The maximum atomic E-state index is 11.9. The third-order valence-electron chi connectivity index (χ3n) is 2.72. The molecule has 0 unspecified atom stereocenters. The summed E-state index contributed by atoms with van der Waals surface area (Å²) in [7, 11) is 1.54. The van der Waals surface area contributed by atoms with Gasteiger partial charge in [-0.3, -0.25) is 9.48 Å². The lowest BCUT2D eigenvalue weighted by atomic mass is 10.2. The second-order valence-corrected chi connectivity index (χ2v) is 4.14. The molecular formula is C13H16N4O2. The van der Waals surface area contributed by atoms with E-state index in [1.807, 2.05) is 13.0 Å². The zero-order chi connectivity index (χ0) is 13.8. The van der Waals surface area contributed by atoms with E-state index < -0.39 is 0 Å². The van der Waals surface area contributed by atoms with Crippen molar-refractivity contribution in [2.24, 2.45) is 0 Å². The zero-order valence-electron chi connectivity index (χ0n) is 10.9. The molecule has 0 bridgehead atoms. The number of nitrogens with zero attached hydrogens (tertiary/aromatic N) is 2. The number of carbonyl (C=O) groups is 1. The second-order valence-electron chi connectivity index (χ2n) is 4.14. The van der Waals surface area contributed by atoms with Gasteiger partial charge in [0.25, 0.3) is 0 Å². The number of nitrogens with two attached hydrogens (primary N) is 1. The molecule has 2 aromatic rings. The van der Waals surface area contributed by atoms with Crippen molar-refractivity contribution in [3.8, 4) is 5.75 Å². The molecule has 1 heterocycles. The summed E-state index contributed by atoms with van der Waals surface area (Å²) in [5.74, 6) is 0.385. The van der Waals surface area contributed by atoms with Crippen LogP contribution in [-0.4, -0.2) is 22.8 Å². The zero-order valence-corrected chi connectivity index (χ0v) is 10.9. The summed E-state index contributed by atoms with van der Waals surface area (Å²) < 4.78 is 6.79. The van der Waals surface area contributed by atoms with E-state index in [2.05, 4.69) is 10.4 Å². The third kappa shape index (κ3) is 3.04. The monoisotopic (exact) mass is 260 g/mol. The van der Waals surface area contributed by atoms with Crippen molar-refractivity contribution < 1.29 is 9.53 Å². The molecule has 19 heavy (non-hydrogen) atoms. The van der Waals surface area contributed by atoms with Crippen LogP contribution < -0.4 is 15.8 Å². The summed E-state index contributed by atoms with van der Waals surface area (Å²) in [5, 5.41) is 6.82. The number of aromatic nitrogens is 2. The highest BCUT2D eigenvalue weighted by Crippen LogP contribution is 2.26. The fraction of sp³-hybridized carbons (Fsp3) is 0.231. The number of nitrogen functional groups attached to an aromatic ring is 1. The van der Waals surface area contributed by atoms with Crippen molar-refractivity contribution in [2.45, 2.75) is 13.5 Å². The molecule has 0 saturated carbocycles. The van der Waals surface area contributed by atoms with Crippen LogP contribution in [0.5, 0.6) is 5.75 Å². The van der Waals surface area contributed by atoms with Gasteiger partial charge < -0.3 is 15.8 Å². The molecule has 6 nitrogen and oxygen atoms in total. The molecule has 100 valence electrons. The van der Waals surface area contributed by atoms with Gasteiger partial charge in [0, 0.05) is 17.6 Å². The van der Waals surface area contributed by atoms with E-state index in [4.69, 9.17) is 10.5 Å². The van der Waals surface area contributed by atoms with Crippen molar-refractivity contribution in [2.75, 3.05) is 18.2 Å². The Morgan fingerprint density at radius 1 is 1.47 bits per heavy atom. The van der Waals surface area contributed by atoms with Gasteiger partial charge in [0.05, 0.1) is 12.8 Å². The summed E-state index contributed by atoms with van der Waals surface area (Å²) in [6.45, 7) is 2.04. The van der Waals surface area contributed by atoms with Crippen molar-refractivity contribution >= 4 is 17.3 Å². The van der Waals surface area contributed by atoms with Gasteiger partial charge in [-0.05, 0) is 31.2 Å². The van der Waals surface area contributed by atoms with Gasteiger partial charge in [-0.25, -0.2) is 0 Å². The van der Waals surface area contributed by atoms with Crippen molar-refractivity contribution in [1.29, 1.82) is 0 Å².